The van der Waals surface area contributed by atoms with Crippen LogP contribution in [0.1, 0.15) is 77.6 Å². The summed E-state index contributed by atoms with van der Waals surface area (Å²) in [5.74, 6) is 0. The van der Waals surface area contributed by atoms with Gasteiger partial charge in [-0.25, -0.2) is 12.1 Å². The zero-order chi connectivity index (χ0) is 30.5. The maximum atomic E-state index is 3.88. The molecular formula is C41H44Cl2Hf-2. The molecule has 0 atom stereocenters. The van der Waals surface area contributed by atoms with Gasteiger partial charge in [-0.2, -0.15) is 18.2 Å². The fourth-order valence-corrected chi connectivity index (χ4v) is 5.42. The summed E-state index contributed by atoms with van der Waals surface area (Å²) in [5.41, 5.74) is 13.5. The third-order valence-electron chi connectivity index (χ3n) is 7.38. The van der Waals surface area contributed by atoms with E-state index >= 15 is 0 Å². The summed E-state index contributed by atoms with van der Waals surface area (Å²) in [5, 5.41) is 0. The quantitative estimate of drug-likeness (QED) is 0.169. The Balaban J connectivity index is 0.000000535. The first-order valence-electron chi connectivity index (χ1n) is 14.9. The van der Waals surface area contributed by atoms with Crippen LogP contribution in [-0.2, 0) is 41.1 Å². The van der Waals surface area contributed by atoms with Crippen molar-refractivity contribution in [3.8, 4) is 33.4 Å². The van der Waals surface area contributed by atoms with E-state index in [1.807, 2.05) is 30.3 Å². The largest absolute Gasteiger partial charge is 1.00 e. The van der Waals surface area contributed by atoms with Crippen LogP contribution in [0.25, 0.3) is 33.4 Å². The van der Waals surface area contributed by atoms with Gasteiger partial charge in [0.05, 0.1) is 0 Å². The summed E-state index contributed by atoms with van der Waals surface area (Å²) >= 11 is 1.27. The van der Waals surface area contributed by atoms with E-state index in [9.17, 15) is 0 Å². The van der Waals surface area contributed by atoms with Crippen molar-refractivity contribution in [2.24, 2.45) is 0 Å². The third kappa shape index (κ3) is 9.53. The van der Waals surface area contributed by atoms with E-state index in [0.29, 0.717) is 0 Å². The van der Waals surface area contributed by atoms with Crippen molar-refractivity contribution in [2.75, 3.05) is 0 Å². The Morgan fingerprint density at radius 3 is 1.57 bits per heavy atom. The predicted octanol–water partition coefficient (Wildman–Crippen LogP) is 5.15. The average Bonchev–Trinajstić information content (AvgIpc) is 3.63. The van der Waals surface area contributed by atoms with Gasteiger partial charge in [0.1, 0.15) is 0 Å². The molecule has 0 saturated carbocycles. The van der Waals surface area contributed by atoms with Gasteiger partial charge in [-0.3, -0.25) is 0 Å². The van der Waals surface area contributed by atoms with Crippen molar-refractivity contribution >= 4 is 3.26 Å². The van der Waals surface area contributed by atoms with Crippen LogP contribution in [0.5, 0.6) is 0 Å². The predicted molar refractivity (Wildman–Crippen MR) is 180 cm³/mol. The van der Waals surface area contributed by atoms with Crippen molar-refractivity contribution in [1.29, 1.82) is 0 Å². The van der Waals surface area contributed by atoms with Gasteiger partial charge in [0, 0.05) is 0 Å². The SMILES string of the molecule is CC(C)(C)c1cc2c([c-]c1-c1ccccc1)Cc1cc(-c3ccccc3)c(C(C)(C)C)cc1-2.C[C](C)=[Hf+2].[Cl-].[Cl-].c1cc[cH-]c1. The molecule has 0 aromatic heterocycles. The Labute approximate surface area is 293 Å². The van der Waals surface area contributed by atoms with E-state index in [1.54, 1.807) is 3.26 Å². The molecule has 228 valence electrons. The van der Waals surface area contributed by atoms with E-state index in [-0.39, 0.29) is 35.6 Å². The minimum Gasteiger partial charge on any atom is -1.00 e. The summed E-state index contributed by atoms with van der Waals surface area (Å²) in [7, 11) is 0. The third-order valence-corrected chi connectivity index (χ3v) is 7.38. The molecular weight excluding hydrogens is 742 g/mol. The Bertz CT molecular complexity index is 1490. The molecule has 0 amide bonds. The Morgan fingerprint density at radius 2 is 1.11 bits per heavy atom. The summed E-state index contributed by atoms with van der Waals surface area (Å²) in [6.45, 7) is 18.2. The van der Waals surface area contributed by atoms with Crippen LogP contribution in [-0.4, -0.2) is 3.26 Å². The molecule has 44 heavy (non-hydrogen) atoms. The fourth-order valence-electron chi connectivity index (χ4n) is 5.42. The van der Waals surface area contributed by atoms with Crippen molar-refractivity contribution in [3.63, 3.8) is 0 Å². The standard InChI is InChI=1S/C33H33.C5H5.C3H6.2ClH.Hf/c1-32(2,3)30-20-26-24(18-28(30)22-13-9-7-10-14-22)17-25-19-29(23-15-11-8-12-16-23)31(21-27(25)26)33(4,5)6;1-2-4-5-3-1;1-3-2;;;/h7-16,18,20-21H,17H2,1-6H3;1-5H;1-2H3;2*1H;/q2*-1;;;;+2/p-2. The Kier molecular flexibility index (Phi) is 13.9. The van der Waals surface area contributed by atoms with Crippen LogP contribution in [0.3, 0.4) is 0 Å². The maximum absolute atomic E-state index is 3.88. The van der Waals surface area contributed by atoms with E-state index in [0.717, 1.165) is 6.42 Å². The molecule has 0 heterocycles. The van der Waals surface area contributed by atoms with Crippen LogP contribution in [0.4, 0.5) is 0 Å². The second-order valence-corrected chi connectivity index (χ2v) is 17.0. The van der Waals surface area contributed by atoms with Gasteiger partial charge in [-0.05, 0) is 39.5 Å². The van der Waals surface area contributed by atoms with Gasteiger partial charge in [0.2, 0.25) is 0 Å². The summed E-state index contributed by atoms with van der Waals surface area (Å²) in [4.78, 5) is 0. The van der Waals surface area contributed by atoms with Crippen molar-refractivity contribution in [1.82, 2.24) is 0 Å². The van der Waals surface area contributed by atoms with E-state index in [1.165, 1.54) is 79.5 Å². The minimum atomic E-state index is 0. The molecule has 5 aromatic rings. The first-order valence-corrected chi connectivity index (χ1v) is 16.7. The molecule has 1 aliphatic carbocycles. The molecule has 0 spiro atoms. The molecule has 3 heteroatoms. The second kappa shape index (κ2) is 16.2. The van der Waals surface area contributed by atoms with Crippen molar-refractivity contribution < 1.29 is 48.7 Å². The van der Waals surface area contributed by atoms with E-state index in [2.05, 4.69) is 140 Å². The van der Waals surface area contributed by atoms with Gasteiger partial charge in [-0.1, -0.05) is 131 Å². The molecule has 0 fully saturated rings. The smallest absolute Gasteiger partial charge is 0.172 e. The number of halogens is 2. The minimum absolute atomic E-state index is 0. The first kappa shape index (κ1) is 37.7. The van der Waals surface area contributed by atoms with Crippen LogP contribution in [0, 0.1) is 6.07 Å². The molecule has 0 aliphatic heterocycles. The summed E-state index contributed by atoms with van der Waals surface area (Å²) in [6.07, 6.45) is 0.944. The molecule has 0 unspecified atom stereocenters. The normalized spacial score (nSPS) is 11.3. The number of rotatable bonds is 2. The van der Waals surface area contributed by atoms with Crippen LogP contribution in [0.15, 0.2) is 109 Å². The van der Waals surface area contributed by atoms with E-state index < -0.39 is 0 Å². The summed E-state index contributed by atoms with van der Waals surface area (Å²) in [6, 6.07) is 42.8. The monoisotopic (exact) mass is 786 g/mol. The van der Waals surface area contributed by atoms with Crippen molar-refractivity contribution in [2.45, 2.75) is 72.6 Å². The van der Waals surface area contributed by atoms with Crippen LogP contribution >= 0.6 is 0 Å². The first-order chi connectivity index (χ1) is 19.9. The second-order valence-electron chi connectivity index (χ2n) is 13.4. The summed E-state index contributed by atoms with van der Waals surface area (Å²) < 4.78 is 1.56. The molecule has 0 radical (unpaired) electrons. The van der Waals surface area contributed by atoms with Crippen molar-refractivity contribution in [3.05, 3.63) is 138 Å². The number of hydrogen-bond acceptors (Lipinski definition) is 0. The van der Waals surface area contributed by atoms with Crippen LogP contribution in [0.2, 0.25) is 0 Å². The topological polar surface area (TPSA) is 0 Å². The number of hydrogen-bond donors (Lipinski definition) is 0. The molecule has 0 N–H and O–H groups in total. The maximum Gasteiger partial charge on any atom is -0.172 e. The van der Waals surface area contributed by atoms with Crippen LogP contribution < -0.4 is 24.8 Å². The molecule has 0 bridgehead atoms. The van der Waals surface area contributed by atoms with E-state index in [4.69, 9.17) is 0 Å². The molecule has 5 aromatic carbocycles. The fraction of sp³-hybridized carbons (Fsp3) is 0.268. The van der Waals surface area contributed by atoms with Gasteiger partial charge < -0.3 is 24.8 Å². The molecule has 0 nitrogen and oxygen atoms in total. The van der Waals surface area contributed by atoms with Gasteiger partial charge in [0.15, 0.2) is 0 Å². The van der Waals surface area contributed by atoms with Gasteiger partial charge in [0.25, 0.3) is 0 Å². The molecule has 6 rings (SSSR count). The average molecular weight is 786 g/mol. The molecule has 1 aliphatic rings. The zero-order valence-corrected chi connectivity index (χ0v) is 32.5. The Morgan fingerprint density at radius 1 is 0.636 bits per heavy atom. The molecule has 0 saturated heterocycles. The zero-order valence-electron chi connectivity index (χ0n) is 27.4. The number of fused-ring (bicyclic) bond motifs is 3. The van der Waals surface area contributed by atoms with Gasteiger partial charge >= 0.3 is 41.0 Å². The van der Waals surface area contributed by atoms with Gasteiger partial charge in [-0.15, -0.1) is 28.8 Å². The Hall–Kier alpha value is -2.45. The number of benzene rings is 4.